The molecule has 1 atom stereocenters. The van der Waals surface area contributed by atoms with Gasteiger partial charge in [-0.3, -0.25) is 0 Å². The van der Waals surface area contributed by atoms with Gasteiger partial charge in [0.05, 0.1) is 0 Å². The highest BCUT2D eigenvalue weighted by atomic mass is 35.5. The van der Waals surface area contributed by atoms with Crippen LogP contribution in [0.15, 0.2) is 42.5 Å². The summed E-state index contributed by atoms with van der Waals surface area (Å²) in [6, 6.07) is 12.8. The van der Waals surface area contributed by atoms with Gasteiger partial charge >= 0.3 is 0 Å². The fourth-order valence-electron chi connectivity index (χ4n) is 2.18. The molecule has 0 aromatic heterocycles. The van der Waals surface area contributed by atoms with E-state index in [9.17, 15) is 4.39 Å². The molecule has 0 radical (unpaired) electrons. The van der Waals surface area contributed by atoms with E-state index in [-0.39, 0.29) is 11.9 Å². The van der Waals surface area contributed by atoms with Crippen molar-refractivity contribution >= 4 is 11.6 Å². The molecule has 2 rings (SSSR count). The van der Waals surface area contributed by atoms with E-state index in [4.69, 9.17) is 11.6 Å². The monoisotopic (exact) mass is 277 g/mol. The van der Waals surface area contributed by atoms with E-state index in [2.05, 4.69) is 5.32 Å². The van der Waals surface area contributed by atoms with Crippen molar-refractivity contribution in [3.05, 3.63) is 70.0 Å². The minimum atomic E-state index is -0.206. The summed E-state index contributed by atoms with van der Waals surface area (Å²) in [6.07, 6.45) is 0.705. The fraction of sp³-hybridized carbons (Fsp3) is 0.250. The predicted octanol–water partition coefficient (Wildman–Crippen LogP) is 4.29. The van der Waals surface area contributed by atoms with Gasteiger partial charge in [-0.25, -0.2) is 4.39 Å². The molecule has 1 N–H and O–H groups in total. The quantitative estimate of drug-likeness (QED) is 0.879. The van der Waals surface area contributed by atoms with E-state index in [1.807, 2.05) is 38.2 Å². The summed E-state index contributed by atoms with van der Waals surface area (Å²) in [5.74, 6) is -0.206. The Kier molecular flexibility index (Phi) is 4.56. The molecule has 0 amide bonds. The van der Waals surface area contributed by atoms with Gasteiger partial charge in [-0.15, -0.1) is 0 Å². The van der Waals surface area contributed by atoms with Crippen molar-refractivity contribution in [1.82, 2.24) is 5.32 Å². The predicted molar refractivity (Wildman–Crippen MR) is 78.1 cm³/mol. The standard InChI is InChI=1S/C16H17ClFN/c1-11-6-7-14(15(17)8-11)16(19-2)10-12-4-3-5-13(18)9-12/h3-9,16,19H,10H2,1-2H3. The lowest BCUT2D eigenvalue weighted by atomic mass is 9.98. The van der Waals surface area contributed by atoms with Gasteiger partial charge in [0.25, 0.3) is 0 Å². The minimum absolute atomic E-state index is 0.0786. The van der Waals surface area contributed by atoms with Crippen LogP contribution in [0.4, 0.5) is 4.39 Å². The molecule has 1 nitrogen and oxygen atoms in total. The van der Waals surface area contributed by atoms with Crippen molar-refractivity contribution < 1.29 is 4.39 Å². The van der Waals surface area contributed by atoms with Crippen molar-refractivity contribution in [1.29, 1.82) is 0 Å². The van der Waals surface area contributed by atoms with Gasteiger partial charge in [0, 0.05) is 11.1 Å². The molecular formula is C16H17ClFN. The van der Waals surface area contributed by atoms with Gasteiger partial charge in [-0.05, 0) is 55.3 Å². The summed E-state index contributed by atoms with van der Waals surface area (Å²) >= 11 is 6.29. The second-order valence-corrected chi connectivity index (χ2v) is 5.11. The maximum Gasteiger partial charge on any atom is 0.123 e. The molecule has 0 fully saturated rings. The SMILES string of the molecule is CNC(Cc1cccc(F)c1)c1ccc(C)cc1Cl. The molecule has 0 bridgehead atoms. The normalized spacial score (nSPS) is 12.4. The third kappa shape index (κ3) is 3.55. The summed E-state index contributed by atoms with van der Waals surface area (Å²) in [5.41, 5.74) is 3.13. The molecule has 0 aliphatic carbocycles. The number of hydrogen-bond acceptors (Lipinski definition) is 1. The van der Waals surface area contributed by atoms with Crippen molar-refractivity contribution in [2.75, 3.05) is 7.05 Å². The number of halogens is 2. The Morgan fingerprint density at radius 3 is 2.63 bits per heavy atom. The highest BCUT2D eigenvalue weighted by molar-refractivity contribution is 6.31. The summed E-state index contributed by atoms with van der Waals surface area (Å²) < 4.78 is 13.2. The Balaban J connectivity index is 2.25. The average molecular weight is 278 g/mol. The molecule has 2 aromatic carbocycles. The molecule has 1 unspecified atom stereocenters. The first-order chi connectivity index (χ1) is 9.10. The van der Waals surface area contributed by atoms with Crippen molar-refractivity contribution in [2.24, 2.45) is 0 Å². The van der Waals surface area contributed by atoms with E-state index in [0.29, 0.717) is 6.42 Å². The number of benzene rings is 2. The lowest BCUT2D eigenvalue weighted by Gasteiger charge is -2.18. The van der Waals surface area contributed by atoms with E-state index < -0.39 is 0 Å². The van der Waals surface area contributed by atoms with Crippen LogP contribution >= 0.6 is 11.6 Å². The lowest BCUT2D eigenvalue weighted by molar-refractivity contribution is 0.584. The van der Waals surface area contributed by atoms with Crippen molar-refractivity contribution in [3.8, 4) is 0 Å². The van der Waals surface area contributed by atoms with Crippen LogP contribution in [-0.2, 0) is 6.42 Å². The molecule has 0 saturated carbocycles. The smallest absolute Gasteiger partial charge is 0.123 e. The van der Waals surface area contributed by atoms with Crippen molar-refractivity contribution in [2.45, 2.75) is 19.4 Å². The third-order valence-corrected chi connectivity index (χ3v) is 3.54. The summed E-state index contributed by atoms with van der Waals surface area (Å²) in [5, 5.41) is 3.99. The molecule has 0 spiro atoms. The number of nitrogens with one attached hydrogen (secondary N) is 1. The minimum Gasteiger partial charge on any atom is -0.313 e. The van der Waals surface area contributed by atoms with Crippen LogP contribution < -0.4 is 5.32 Å². The lowest BCUT2D eigenvalue weighted by Crippen LogP contribution is -2.19. The van der Waals surface area contributed by atoms with Gasteiger partial charge in [0.15, 0.2) is 0 Å². The third-order valence-electron chi connectivity index (χ3n) is 3.21. The fourth-order valence-corrected chi connectivity index (χ4v) is 2.55. The molecule has 0 aliphatic rings. The van der Waals surface area contributed by atoms with Gasteiger partial charge < -0.3 is 5.32 Å². The summed E-state index contributed by atoms with van der Waals surface area (Å²) in [4.78, 5) is 0. The average Bonchev–Trinajstić information content (AvgIpc) is 2.37. The summed E-state index contributed by atoms with van der Waals surface area (Å²) in [7, 11) is 1.89. The van der Waals surface area contributed by atoms with E-state index in [1.165, 1.54) is 6.07 Å². The maximum atomic E-state index is 13.2. The van der Waals surface area contributed by atoms with E-state index in [1.54, 1.807) is 12.1 Å². The van der Waals surface area contributed by atoms with Gasteiger partial charge in [0.1, 0.15) is 5.82 Å². The highest BCUT2D eigenvalue weighted by Crippen LogP contribution is 2.26. The second-order valence-electron chi connectivity index (χ2n) is 4.70. The Hall–Kier alpha value is -1.38. The molecule has 100 valence electrons. The Labute approximate surface area is 118 Å². The Morgan fingerprint density at radius 2 is 2.00 bits per heavy atom. The van der Waals surface area contributed by atoms with Crippen LogP contribution in [0.2, 0.25) is 5.02 Å². The topological polar surface area (TPSA) is 12.0 Å². The Bertz CT molecular complexity index is 568. The zero-order valence-electron chi connectivity index (χ0n) is 11.1. The molecule has 3 heteroatoms. The van der Waals surface area contributed by atoms with Gasteiger partial charge in [-0.1, -0.05) is 35.9 Å². The van der Waals surface area contributed by atoms with Gasteiger partial charge in [0.2, 0.25) is 0 Å². The Morgan fingerprint density at radius 1 is 1.21 bits per heavy atom. The maximum absolute atomic E-state index is 13.2. The zero-order chi connectivity index (χ0) is 13.8. The molecule has 0 aliphatic heterocycles. The van der Waals surface area contributed by atoms with Crippen LogP contribution in [0.3, 0.4) is 0 Å². The van der Waals surface area contributed by atoms with Crippen LogP contribution in [-0.4, -0.2) is 7.05 Å². The van der Waals surface area contributed by atoms with Crippen molar-refractivity contribution in [3.63, 3.8) is 0 Å². The second kappa shape index (κ2) is 6.18. The molecule has 2 aromatic rings. The largest absolute Gasteiger partial charge is 0.313 e. The highest BCUT2D eigenvalue weighted by Gasteiger charge is 2.13. The van der Waals surface area contributed by atoms with Crippen LogP contribution in [0, 0.1) is 12.7 Å². The summed E-state index contributed by atoms with van der Waals surface area (Å²) in [6.45, 7) is 2.01. The van der Waals surface area contributed by atoms with E-state index in [0.717, 1.165) is 21.7 Å². The van der Waals surface area contributed by atoms with Crippen LogP contribution in [0.25, 0.3) is 0 Å². The molecule has 19 heavy (non-hydrogen) atoms. The molecule has 0 heterocycles. The van der Waals surface area contributed by atoms with E-state index >= 15 is 0 Å². The number of hydrogen-bond donors (Lipinski definition) is 1. The van der Waals surface area contributed by atoms with Crippen LogP contribution in [0.1, 0.15) is 22.7 Å². The number of aryl methyl sites for hydroxylation is 1. The van der Waals surface area contributed by atoms with Crippen LogP contribution in [0.5, 0.6) is 0 Å². The number of rotatable bonds is 4. The molecular weight excluding hydrogens is 261 g/mol. The van der Waals surface area contributed by atoms with Gasteiger partial charge in [-0.2, -0.15) is 0 Å². The first-order valence-corrected chi connectivity index (χ1v) is 6.65. The first-order valence-electron chi connectivity index (χ1n) is 6.28. The first kappa shape index (κ1) is 14.0. The number of likely N-dealkylation sites (N-methyl/N-ethyl adjacent to an activating group) is 1. The zero-order valence-corrected chi connectivity index (χ0v) is 11.8. The molecule has 0 saturated heterocycles.